The van der Waals surface area contributed by atoms with Gasteiger partial charge in [0, 0.05) is 0 Å². The van der Waals surface area contributed by atoms with Crippen LogP contribution in [0.3, 0.4) is 0 Å². The fourth-order valence-electron chi connectivity index (χ4n) is 1.12. The Hall–Kier alpha value is -0.990. The molecule has 13 heavy (non-hydrogen) atoms. The van der Waals surface area contributed by atoms with Gasteiger partial charge in [0.1, 0.15) is 5.60 Å². The molecule has 3 nitrogen and oxygen atoms in total. The lowest BCUT2D eigenvalue weighted by molar-refractivity contribution is 0.0500. The lowest BCUT2D eigenvalue weighted by Gasteiger charge is -2.30. The third kappa shape index (κ3) is 3.09. The molecule has 0 heterocycles. The first-order valence-corrected chi connectivity index (χ1v) is 4.56. The first kappa shape index (κ1) is 10.1. The first-order valence-electron chi connectivity index (χ1n) is 4.56. The summed E-state index contributed by atoms with van der Waals surface area (Å²) in [5, 5.41) is 2.76. The molecule has 0 aromatic carbocycles. The van der Waals surface area contributed by atoms with Crippen LogP contribution >= 0.6 is 0 Å². The molecule has 1 atom stereocenters. The van der Waals surface area contributed by atoms with Crippen LogP contribution in [0, 0.1) is 0 Å². The molecule has 0 aromatic rings. The standard InChI is InChI=1S/C10H17NO2/c1-7-5-6-8(7)11-9(12)13-10(2,3)4/h8H,1,5-6H2,2-4H3,(H,11,12)/t8-/m0/s1. The first-order chi connectivity index (χ1) is 5.88. The molecule has 74 valence electrons. The van der Waals surface area contributed by atoms with E-state index in [4.69, 9.17) is 4.74 Å². The summed E-state index contributed by atoms with van der Waals surface area (Å²) in [6.45, 7) is 9.37. The minimum atomic E-state index is -0.421. The van der Waals surface area contributed by atoms with Crippen LogP contribution in [0.4, 0.5) is 4.79 Å². The maximum atomic E-state index is 11.2. The van der Waals surface area contributed by atoms with Gasteiger partial charge in [-0.15, -0.1) is 0 Å². The molecular weight excluding hydrogens is 166 g/mol. The normalized spacial score (nSPS) is 22.1. The molecule has 3 heteroatoms. The van der Waals surface area contributed by atoms with Crippen molar-refractivity contribution in [3.63, 3.8) is 0 Å². The zero-order valence-corrected chi connectivity index (χ0v) is 8.52. The van der Waals surface area contributed by atoms with Crippen molar-refractivity contribution < 1.29 is 9.53 Å². The number of hydrogen-bond donors (Lipinski definition) is 1. The number of nitrogens with one attached hydrogen (secondary N) is 1. The summed E-state index contributed by atoms with van der Waals surface area (Å²) in [5.41, 5.74) is 0.667. The lowest BCUT2D eigenvalue weighted by atomic mass is 9.88. The number of ether oxygens (including phenoxy) is 1. The molecule has 0 aromatic heterocycles. The summed E-state index contributed by atoms with van der Waals surface area (Å²) in [6, 6.07) is 0.134. The van der Waals surface area contributed by atoms with Crippen molar-refractivity contribution in [2.75, 3.05) is 0 Å². The van der Waals surface area contributed by atoms with Gasteiger partial charge in [0.15, 0.2) is 0 Å². The van der Waals surface area contributed by atoms with Gasteiger partial charge < -0.3 is 10.1 Å². The Morgan fingerprint density at radius 2 is 2.23 bits per heavy atom. The second-order valence-electron chi connectivity index (χ2n) is 4.40. The molecule has 0 saturated heterocycles. The van der Waals surface area contributed by atoms with Crippen LogP contribution < -0.4 is 5.32 Å². The molecule has 0 bridgehead atoms. The van der Waals surface area contributed by atoms with Gasteiger partial charge in [-0.1, -0.05) is 12.2 Å². The fourth-order valence-corrected chi connectivity index (χ4v) is 1.12. The van der Waals surface area contributed by atoms with Gasteiger partial charge in [-0.2, -0.15) is 0 Å². The van der Waals surface area contributed by atoms with Gasteiger partial charge >= 0.3 is 6.09 Å². The van der Waals surface area contributed by atoms with E-state index in [0.717, 1.165) is 18.4 Å². The van der Waals surface area contributed by atoms with Gasteiger partial charge in [0.25, 0.3) is 0 Å². The smallest absolute Gasteiger partial charge is 0.408 e. The van der Waals surface area contributed by atoms with Gasteiger partial charge in [0.05, 0.1) is 6.04 Å². The van der Waals surface area contributed by atoms with Crippen molar-refractivity contribution >= 4 is 6.09 Å². The highest BCUT2D eigenvalue weighted by molar-refractivity contribution is 5.69. The van der Waals surface area contributed by atoms with Gasteiger partial charge in [0.2, 0.25) is 0 Å². The van der Waals surface area contributed by atoms with Crippen LogP contribution in [0.1, 0.15) is 33.6 Å². The maximum Gasteiger partial charge on any atom is 0.408 e. The second kappa shape index (κ2) is 3.40. The monoisotopic (exact) mass is 183 g/mol. The molecule has 1 aliphatic rings. The van der Waals surface area contributed by atoms with Crippen molar-refractivity contribution in [2.24, 2.45) is 0 Å². The summed E-state index contributed by atoms with van der Waals surface area (Å²) >= 11 is 0. The van der Waals surface area contributed by atoms with Crippen molar-refractivity contribution in [3.05, 3.63) is 12.2 Å². The molecule has 0 aliphatic heterocycles. The van der Waals surface area contributed by atoms with E-state index in [1.165, 1.54) is 0 Å². The van der Waals surface area contributed by atoms with Crippen molar-refractivity contribution in [2.45, 2.75) is 45.3 Å². The molecule has 1 fully saturated rings. The molecule has 1 N–H and O–H groups in total. The van der Waals surface area contributed by atoms with Gasteiger partial charge in [-0.25, -0.2) is 4.79 Å². The quantitative estimate of drug-likeness (QED) is 0.633. The van der Waals surface area contributed by atoms with Gasteiger partial charge in [-0.3, -0.25) is 0 Å². The molecule has 1 aliphatic carbocycles. The van der Waals surface area contributed by atoms with Crippen LogP contribution in [0.15, 0.2) is 12.2 Å². The number of carbonyl (C=O) groups is 1. The summed E-state index contributed by atoms with van der Waals surface area (Å²) < 4.78 is 5.10. The molecule has 0 radical (unpaired) electrons. The number of rotatable bonds is 1. The largest absolute Gasteiger partial charge is 0.444 e. The zero-order valence-electron chi connectivity index (χ0n) is 8.52. The molecule has 0 unspecified atom stereocenters. The summed E-state index contributed by atoms with van der Waals surface area (Å²) in [7, 11) is 0. The third-order valence-corrected chi connectivity index (χ3v) is 1.94. The average molecular weight is 183 g/mol. The van der Waals surface area contributed by atoms with E-state index in [0.29, 0.717) is 0 Å². The highest BCUT2D eigenvalue weighted by Crippen LogP contribution is 2.24. The van der Waals surface area contributed by atoms with Crippen LogP contribution in [-0.2, 0) is 4.74 Å². The molecule has 0 spiro atoms. The van der Waals surface area contributed by atoms with E-state index in [-0.39, 0.29) is 12.1 Å². The van der Waals surface area contributed by atoms with Gasteiger partial charge in [-0.05, 0) is 33.6 Å². The predicted molar refractivity (Wildman–Crippen MR) is 51.5 cm³/mol. The topological polar surface area (TPSA) is 38.3 Å². The van der Waals surface area contributed by atoms with Crippen molar-refractivity contribution in [3.8, 4) is 0 Å². The van der Waals surface area contributed by atoms with Crippen LogP contribution in [0.25, 0.3) is 0 Å². The van der Waals surface area contributed by atoms with Crippen LogP contribution in [0.2, 0.25) is 0 Å². The number of carbonyl (C=O) groups excluding carboxylic acids is 1. The Kier molecular flexibility index (Phi) is 2.64. The molecular formula is C10H17NO2. The second-order valence-corrected chi connectivity index (χ2v) is 4.40. The highest BCUT2D eigenvalue weighted by atomic mass is 16.6. The SMILES string of the molecule is C=C1CC[C@@H]1NC(=O)OC(C)(C)C. The maximum absolute atomic E-state index is 11.2. The minimum Gasteiger partial charge on any atom is -0.444 e. The Balaban J connectivity index is 2.29. The van der Waals surface area contributed by atoms with E-state index < -0.39 is 5.60 Å². The zero-order chi connectivity index (χ0) is 10.1. The predicted octanol–water partition coefficient (Wildman–Crippen LogP) is 2.23. The Morgan fingerprint density at radius 3 is 2.54 bits per heavy atom. The van der Waals surface area contributed by atoms with Crippen molar-refractivity contribution in [1.82, 2.24) is 5.32 Å². The molecule has 1 rings (SSSR count). The van der Waals surface area contributed by atoms with Crippen LogP contribution in [0.5, 0.6) is 0 Å². The summed E-state index contributed by atoms with van der Waals surface area (Å²) in [6.07, 6.45) is 1.65. The van der Waals surface area contributed by atoms with E-state index in [1.54, 1.807) is 0 Å². The lowest BCUT2D eigenvalue weighted by Crippen LogP contribution is -2.43. The highest BCUT2D eigenvalue weighted by Gasteiger charge is 2.26. The van der Waals surface area contributed by atoms with Crippen molar-refractivity contribution in [1.29, 1.82) is 0 Å². The number of amides is 1. The van der Waals surface area contributed by atoms with E-state index in [9.17, 15) is 4.79 Å². The third-order valence-electron chi connectivity index (χ3n) is 1.94. The van der Waals surface area contributed by atoms with E-state index in [2.05, 4.69) is 11.9 Å². The number of hydrogen-bond acceptors (Lipinski definition) is 2. The Labute approximate surface area is 79.2 Å². The van der Waals surface area contributed by atoms with E-state index in [1.807, 2.05) is 20.8 Å². The summed E-state index contributed by atoms with van der Waals surface area (Å²) in [5.74, 6) is 0. The average Bonchev–Trinajstić information content (AvgIpc) is 1.94. The molecule has 1 amide bonds. The van der Waals surface area contributed by atoms with Crippen LogP contribution in [-0.4, -0.2) is 17.7 Å². The minimum absolute atomic E-state index is 0.134. The Bertz CT molecular complexity index is 228. The fraction of sp³-hybridized carbons (Fsp3) is 0.700. The summed E-state index contributed by atoms with van der Waals surface area (Å²) in [4.78, 5) is 11.2. The number of alkyl carbamates (subject to hydrolysis) is 1. The molecule has 1 saturated carbocycles. The Morgan fingerprint density at radius 1 is 1.62 bits per heavy atom. The van der Waals surface area contributed by atoms with E-state index >= 15 is 0 Å².